The first-order valence-electron chi connectivity index (χ1n) is 8.45. The third kappa shape index (κ3) is 3.40. The molecule has 22 heavy (non-hydrogen) atoms. The Balaban J connectivity index is 0.000000882. The highest BCUT2D eigenvalue weighted by molar-refractivity contribution is 5.85. The van der Waals surface area contributed by atoms with Gasteiger partial charge in [-0.3, -0.25) is 9.69 Å². The van der Waals surface area contributed by atoms with Gasteiger partial charge >= 0.3 is 0 Å². The van der Waals surface area contributed by atoms with Crippen LogP contribution in [-0.4, -0.2) is 48.6 Å². The summed E-state index contributed by atoms with van der Waals surface area (Å²) in [5.41, 5.74) is 0.371. The van der Waals surface area contributed by atoms with Crippen LogP contribution in [0.4, 0.5) is 0 Å². The molecule has 2 saturated carbocycles. The van der Waals surface area contributed by atoms with Crippen LogP contribution >= 0.6 is 24.8 Å². The fraction of sp³-hybridized carbons (Fsp3) is 0.938. The van der Waals surface area contributed by atoms with E-state index in [0.29, 0.717) is 29.3 Å². The Morgan fingerprint density at radius 3 is 2.55 bits per heavy atom. The Morgan fingerprint density at radius 2 is 1.91 bits per heavy atom. The van der Waals surface area contributed by atoms with Crippen LogP contribution in [0.3, 0.4) is 0 Å². The molecule has 2 aliphatic carbocycles. The summed E-state index contributed by atoms with van der Waals surface area (Å²) in [4.78, 5) is 15.1. The molecule has 4 rings (SSSR count). The third-order valence-corrected chi connectivity index (χ3v) is 6.09. The topological polar surface area (TPSA) is 44.4 Å². The maximum Gasteiger partial charge on any atom is 0.223 e. The van der Waals surface area contributed by atoms with Crippen molar-refractivity contribution in [3.63, 3.8) is 0 Å². The van der Waals surface area contributed by atoms with E-state index in [-0.39, 0.29) is 24.8 Å². The van der Waals surface area contributed by atoms with Gasteiger partial charge in [0.1, 0.15) is 0 Å². The number of rotatable bonds is 3. The van der Waals surface area contributed by atoms with Crippen molar-refractivity contribution in [2.24, 2.45) is 11.3 Å². The van der Waals surface area contributed by atoms with Gasteiger partial charge in [0, 0.05) is 30.6 Å². The van der Waals surface area contributed by atoms with Crippen LogP contribution in [0.25, 0.3) is 0 Å². The second-order valence-corrected chi connectivity index (χ2v) is 7.59. The molecular formula is C16H29Cl2N3O. The van der Waals surface area contributed by atoms with Gasteiger partial charge in [-0.15, -0.1) is 24.8 Å². The van der Waals surface area contributed by atoms with Crippen LogP contribution in [0.1, 0.15) is 45.4 Å². The summed E-state index contributed by atoms with van der Waals surface area (Å²) in [6.45, 7) is 5.59. The molecule has 2 heterocycles. The van der Waals surface area contributed by atoms with Gasteiger partial charge in [-0.1, -0.05) is 0 Å². The number of carbonyl (C=O) groups excluding carboxylic acids is 1. The Morgan fingerprint density at radius 1 is 1.23 bits per heavy atom. The van der Waals surface area contributed by atoms with Crippen molar-refractivity contribution < 1.29 is 4.79 Å². The quantitative estimate of drug-likeness (QED) is 0.818. The molecule has 0 radical (unpaired) electrons. The number of likely N-dealkylation sites (tertiary alicyclic amines) is 1. The molecule has 1 amide bonds. The van der Waals surface area contributed by atoms with Crippen LogP contribution in [0.2, 0.25) is 0 Å². The number of halogens is 2. The Labute approximate surface area is 146 Å². The van der Waals surface area contributed by atoms with Crippen molar-refractivity contribution in [1.29, 1.82) is 0 Å². The first-order chi connectivity index (χ1) is 9.68. The van der Waals surface area contributed by atoms with E-state index in [9.17, 15) is 4.79 Å². The van der Waals surface area contributed by atoms with Crippen molar-refractivity contribution >= 4 is 30.7 Å². The highest BCUT2D eigenvalue weighted by Gasteiger charge is 2.58. The summed E-state index contributed by atoms with van der Waals surface area (Å²) >= 11 is 0. The zero-order chi connectivity index (χ0) is 13.7. The van der Waals surface area contributed by atoms with E-state index in [1.165, 1.54) is 25.7 Å². The fourth-order valence-corrected chi connectivity index (χ4v) is 4.57. The lowest BCUT2D eigenvalue weighted by Crippen LogP contribution is -2.40. The molecule has 0 bridgehead atoms. The normalized spacial score (nSPS) is 36.3. The molecular weight excluding hydrogens is 321 g/mol. The zero-order valence-corrected chi connectivity index (χ0v) is 15.0. The lowest BCUT2D eigenvalue weighted by molar-refractivity contribution is -0.123. The average molecular weight is 350 g/mol. The zero-order valence-electron chi connectivity index (χ0n) is 13.3. The molecule has 128 valence electrons. The minimum Gasteiger partial charge on any atom is -0.352 e. The van der Waals surface area contributed by atoms with E-state index in [1.807, 2.05) is 0 Å². The van der Waals surface area contributed by atoms with Gasteiger partial charge in [-0.25, -0.2) is 0 Å². The standard InChI is InChI=1S/C16H27N3O.2ClH/c1-11-8-12(10-19(11)13-2-3-13)18-15(20)14-9-16(14)4-6-17-7-5-16;;/h11-14,17H,2-10H2,1H3,(H,18,20);2*1H. The Kier molecular flexibility index (Phi) is 5.69. The molecule has 6 heteroatoms. The van der Waals surface area contributed by atoms with Crippen molar-refractivity contribution in [3.05, 3.63) is 0 Å². The first-order valence-corrected chi connectivity index (χ1v) is 8.45. The highest BCUT2D eigenvalue weighted by atomic mass is 35.5. The van der Waals surface area contributed by atoms with E-state index < -0.39 is 0 Å². The van der Waals surface area contributed by atoms with E-state index >= 15 is 0 Å². The number of piperidine rings is 1. The van der Waals surface area contributed by atoms with Gasteiger partial charge in [0.2, 0.25) is 5.91 Å². The Hall–Kier alpha value is -0.0300. The summed E-state index contributed by atoms with van der Waals surface area (Å²) in [7, 11) is 0. The van der Waals surface area contributed by atoms with E-state index in [0.717, 1.165) is 38.5 Å². The molecule has 2 N–H and O–H groups in total. The van der Waals surface area contributed by atoms with E-state index in [2.05, 4.69) is 22.5 Å². The van der Waals surface area contributed by atoms with Gasteiger partial charge in [-0.2, -0.15) is 0 Å². The smallest absolute Gasteiger partial charge is 0.223 e. The Bertz CT molecular complexity index is 410. The molecule has 1 spiro atoms. The van der Waals surface area contributed by atoms with Gasteiger partial charge in [0.25, 0.3) is 0 Å². The number of carbonyl (C=O) groups is 1. The van der Waals surface area contributed by atoms with Gasteiger partial charge < -0.3 is 10.6 Å². The average Bonchev–Trinajstić information content (AvgIpc) is 3.33. The minimum absolute atomic E-state index is 0. The van der Waals surface area contributed by atoms with Gasteiger partial charge in [0.05, 0.1) is 0 Å². The van der Waals surface area contributed by atoms with Crippen molar-refractivity contribution in [3.8, 4) is 0 Å². The fourth-order valence-electron chi connectivity index (χ4n) is 4.57. The molecule has 3 atom stereocenters. The van der Waals surface area contributed by atoms with Gasteiger partial charge in [-0.05, 0) is 64.0 Å². The third-order valence-electron chi connectivity index (χ3n) is 6.09. The van der Waals surface area contributed by atoms with Crippen LogP contribution < -0.4 is 10.6 Å². The predicted octanol–water partition coefficient (Wildman–Crippen LogP) is 1.96. The number of hydrogen-bond acceptors (Lipinski definition) is 3. The maximum absolute atomic E-state index is 12.5. The lowest BCUT2D eigenvalue weighted by Gasteiger charge is -2.23. The molecule has 3 unspecified atom stereocenters. The van der Waals surface area contributed by atoms with Crippen molar-refractivity contribution in [2.45, 2.75) is 63.6 Å². The van der Waals surface area contributed by atoms with Crippen LogP contribution in [0.5, 0.6) is 0 Å². The number of amides is 1. The SMILES string of the molecule is CC1CC(NC(=O)C2CC23CCNCC3)CN1C1CC1.Cl.Cl. The van der Waals surface area contributed by atoms with Crippen LogP contribution in [0.15, 0.2) is 0 Å². The molecule has 0 aromatic rings. The summed E-state index contributed by atoms with van der Waals surface area (Å²) in [5.74, 6) is 0.664. The summed E-state index contributed by atoms with van der Waals surface area (Å²) in [6.07, 6.45) is 7.40. The number of nitrogens with zero attached hydrogens (tertiary/aromatic N) is 1. The minimum atomic E-state index is 0. The summed E-state index contributed by atoms with van der Waals surface area (Å²) < 4.78 is 0. The molecule has 2 saturated heterocycles. The lowest BCUT2D eigenvalue weighted by atomic mass is 9.91. The van der Waals surface area contributed by atoms with Crippen LogP contribution in [0, 0.1) is 11.3 Å². The molecule has 4 aliphatic rings. The van der Waals surface area contributed by atoms with Gasteiger partial charge in [0.15, 0.2) is 0 Å². The first kappa shape index (κ1) is 18.3. The second-order valence-electron chi connectivity index (χ2n) is 7.59. The second kappa shape index (κ2) is 6.84. The monoisotopic (exact) mass is 349 g/mol. The molecule has 0 aromatic heterocycles. The van der Waals surface area contributed by atoms with E-state index in [4.69, 9.17) is 0 Å². The molecule has 4 fully saturated rings. The molecule has 0 aromatic carbocycles. The summed E-state index contributed by atoms with van der Waals surface area (Å²) in [5, 5.41) is 6.76. The largest absolute Gasteiger partial charge is 0.352 e. The van der Waals surface area contributed by atoms with Crippen molar-refractivity contribution in [2.75, 3.05) is 19.6 Å². The van der Waals surface area contributed by atoms with Crippen molar-refractivity contribution in [1.82, 2.24) is 15.5 Å². The molecule has 4 nitrogen and oxygen atoms in total. The molecule has 2 aliphatic heterocycles. The van der Waals surface area contributed by atoms with E-state index in [1.54, 1.807) is 0 Å². The highest BCUT2D eigenvalue weighted by Crippen LogP contribution is 2.58. The number of hydrogen-bond donors (Lipinski definition) is 2. The maximum atomic E-state index is 12.5. The summed E-state index contributed by atoms with van der Waals surface area (Å²) in [6, 6.07) is 1.88. The predicted molar refractivity (Wildman–Crippen MR) is 92.9 cm³/mol. The van der Waals surface area contributed by atoms with Crippen LogP contribution in [-0.2, 0) is 4.79 Å². The number of nitrogens with one attached hydrogen (secondary N) is 2.